The summed E-state index contributed by atoms with van der Waals surface area (Å²) in [5, 5.41) is 6.87. The minimum absolute atomic E-state index is 0.0156. The third-order valence-electron chi connectivity index (χ3n) is 5.65. The van der Waals surface area contributed by atoms with E-state index >= 15 is 0 Å². The van der Waals surface area contributed by atoms with Crippen LogP contribution in [-0.2, 0) is 5.41 Å². The highest BCUT2D eigenvalue weighted by Gasteiger charge is 2.46. The van der Waals surface area contributed by atoms with Crippen LogP contribution in [0.25, 0.3) is 10.9 Å². The molecule has 1 aliphatic heterocycles. The van der Waals surface area contributed by atoms with Gasteiger partial charge in [-0.2, -0.15) is 0 Å². The van der Waals surface area contributed by atoms with Gasteiger partial charge in [0, 0.05) is 46.5 Å². The Morgan fingerprint density at radius 3 is 2.69 bits per heavy atom. The lowest BCUT2D eigenvalue weighted by atomic mass is 9.62. The van der Waals surface area contributed by atoms with Crippen LogP contribution in [0.2, 0.25) is 0 Å². The maximum atomic E-state index is 12.6. The molecule has 3 heterocycles. The summed E-state index contributed by atoms with van der Waals surface area (Å²) < 4.78 is 0. The lowest BCUT2D eigenvalue weighted by Gasteiger charge is -2.45. The molecule has 0 atom stereocenters. The Kier molecular flexibility index (Phi) is 3.16. The number of aromatic nitrogens is 2. The molecular formula is C20H18N4O2. The normalized spacial score (nSPS) is 17.5. The number of rotatable bonds is 2. The largest absolute Gasteiger partial charge is 0.350 e. The van der Waals surface area contributed by atoms with Crippen LogP contribution < -0.4 is 10.6 Å². The molecule has 1 aliphatic carbocycles. The molecule has 2 aliphatic rings. The van der Waals surface area contributed by atoms with Gasteiger partial charge in [-0.3, -0.25) is 14.6 Å². The van der Waals surface area contributed by atoms with Crippen LogP contribution in [0.5, 0.6) is 0 Å². The molecule has 2 amide bonds. The second kappa shape index (κ2) is 5.42. The Balaban J connectivity index is 1.58. The van der Waals surface area contributed by atoms with Crippen LogP contribution in [0.3, 0.4) is 0 Å². The van der Waals surface area contributed by atoms with Crippen molar-refractivity contribution in [3.8, 4) is 0 Å². The molecule has 130 valence electrons. The van der Waals surface area contributed by atoms with Crippen LogP contribution >= 0.6 is 0 Å². The number of aromatic amines is 1. The summed E-state index contributed by atoms with van der Waals surface area (Å²) in [6.45, 7) is 0.680. The second-order valence-corrected chi connectivity index (χ2v) is 7.14. The molecule has 3 aromatic rings. The molecule has 0 saturated heterocycles. The number of carbonyl (C=O) groups excluding carboxylic acids is 2. The second-order valence-electron chi connectivity index (χ2n) is 7.14. The Labute approximate surface area is 150 Å². The number of hydrogen-bond donors (Lipinski definition) is 3. The summed E-state index contributed by atoms with van der Waals surface area (Å²) in [7, 11) is 0. The Bertz CT molecular complexity index is 1030. The lowest BCUT2D eigenvalue weighted by Crippen LogP contribution is -2.50. The van der Waals surface area contributed by atoms with Crippen molar-refractivity contribution in [2.45, 2.75) is 24.7 Å². The van der Waals surface area contributed by atoms with Gasteiger partial charge in [0.05, 0.1) is 0 Å². The SMILES string of the molecule is O=C(Nc1ccncc1)c1ccc2[nH]c3c(c2c1)C1(CCC1)CNC3=O. The van der Waals surface area contributed by atoms with Gasteiger partial charge in [0.15, 0.2) is 0 Å². The van der Waals surface area contributed by atoms with E-state index in [1.54, 1.807) is 30.6 Å². The Hall–Kier alpha value is -3.15. The number of anilines is 1. The summed E-state index contributed by atoms with van der Waals surface area (Å²) >= 11 is 0. The molecule has 5 rings (SSSR count). The average molecular weight is 346 g/mol. The number of fused-ring (bicyclic) bond motifs is 4. The van der Waals surface area contributed by atoms with E-state index in [1.165, 1.54) is 6.42 Å². The van der Waals surface area contributed by atoms with E-state index in [4.69, 9.17) is 0 Å². The summed E-state index contributed by atoms with van der Waals surface area (Å²) in [6.07, 6.45) is 6.59. The first-order valence-corrected chi connectivity index (χ1v) is 8.82. The highest BCUT2D eigenvalue weighted by Crippen LogP contribution is 2.49. The molecule has 6 heteroatoms. The average Bonchev–Trinajstić information content (AvgIpc) is 3.02. The maximum absolute atomic E-state index is 12.6. The number of benzene rings is 1. The molecule has 0 bridgehead atoms. The molecule has 1 aromatic carbocycles. The number of H-pyrrole nitrogens is 1. The van der Waals surface area contributed by atoms with E-state index in [0.717, 1.165) is 29.3 Å². The lowest BCUT2D eigenvalue weighted by molar-refractivity contribution is 0.0892. The standard InChI is InChI=1S/C20H18N4O2/c25-18(23-13-4-8-21-9-5-13)12-2-3-15-14(10-12)16-17(24-15)19(26)22-11-20(16)6-1-7-20/h2-5,8-10,24H,1,6-7,11H2,(H,22,26)(H,21,23,25). The van der Waals surface area contributed by atoms with E-state index in [1.807, 2.05) is 12.1 Å². The van der Waals surface area contributed by atoms with Crippen LogP contribution in [0.1, 0.15) is 45.7 Å². The van der Waals surface area contributed by atoms with Crippen molar-refractivity contribution in [1.82, 2.24) is 15.3 Å². The molecule has 0 radical (unpaired) electrons. The van der Waals surface area contributed by atoms with Crippen molar-refractivity contribution in [3.63, 3.8) is 0 Å². The monoisotopic (exact) mass is 346 g/mol. The van der Waals surface area contributed by atoms with E-state index in [-0.39, 0.29) is 17.2 Å². The topological polar surface area (TPSA) is 86.9 Å². The Morgan fingerprint density at radius 1 is 1.15 bits per heavy atom. The molecular weight excluding hydrogens is 328 g/mol. The fourth-order valence-electron chi connectivity index (χ4n) is 4.15. The molecule has 3 N–H and O–H groups in total. The van der Waals surface area contributed by atoms with Crippen molar-refractivity contribution in [3.05, 3.63) is 59.5 Å². The first-order chi connectivity index (χ1) is 12.7. The molecule has 1 spiro atoms. The van der Waals surface area contributed by atoms with Crippen molar-refractivity contribution in [1.29, 1.82) is 0 Å². The predicted molar refractivity (Wildman–Crippen MR) is 98.4 cm³/mol. The first kappa shape index (κ1) is 15.1. The Morgan fingerprint density at radius 2 is 1.96 bits per heavy atom. The van der Waals surface area contributed by atoms with E-state index < -0.39 is 0 Å². The quantitative estimate of drug-likeness (QED) is 0.667. The predicted octanol–water partition coefficient (Wildman–Crippen LogP) is 2.98. The number of amides is 2. The van der Waals surface area contributed by atoms with E-state index in [0.29, 0.717) is 23.5 Å². The summed E-state index contributed by atoms with van der Waals surface area (Å²) in [5.74, 6) is -0.229. The molecule has 0 unspecified atom stereocenters. The highest BCUT2D eigenvalue weighted by molar-refractivity contribution is 6.09. The smallest absolute Gasteiger partial charge is 0.268 e. The third kappa shape index (κ3) is 2.15. The van der Waals surface area contributed by atoms with Crippen molar-refractivity contribution in [2.24, 2.45) is 0 Å². The van der Waals surface area contributed by atoms with Crippen molar-refractivity contribution in [2.75, 3.05) is 11.9 Å². The number of carbonyl (C=O) groups is 2. The zero-order valence-corrected chi connectivity index (χ0v) is 14.1. The van der Waals surface area contributed by atoms with E-state index in [9.17, 15) is 9.59 Å². The fraction of sp³-hybridized carbons (Fsp3) is 0.250. The van der Waals surface area contributed by atoms with Gasteiger partial charge in [0.2, 0.25) is 0 Å². The van der Waals surface area contributed by atoms with Crippen LogP contribution in [0.15, 0.2) is 42.7 Å². The van der Waals surface area contributed by atoms with Gasteiger partial charge in [-0.25, -0.2) is 0 Å². The van der Waals surface area contributed by atoms with Crippen molar-refractivity contribution >= 4 is 28.4 Å². The minimum Gasteiger partial charge on any atom is -0.350 e. The van der Waals surface area contributed by atoms with Gasteiger partial charge < -0.3 is 15.6 Å². The summed E-state index contributed by atoms with van der Waals surface area (Å²) in [6, 6.07) is 9.07. The summed E-state index contributed by atoms with van der Waals surface area (Å²) in [5.41, 5.74) is 3.94. The molecule has 26 heavy (non-hydrogen) atoms. The van der Waals surface area contributed by atoms with Gasteiger partial charge in [-0.15, -0.1) is 0 Å². The van der Waals surface area contributed by atoms with E-state index in [2.05, 4.69) is 20.6 Å². The van der Waals surface area contributed by atoms with Crippen molar-refractivity contribution < 1.29 is 9.59 Å². The van der Waals surface area contributed by atoms with Gasteiger partial charge in [0.1, 0.15) is 5.69 Å². The molecule has 1 fully saturated rings. The maximum Gasteiger partial charge on any atom is 0.268 e. The highest BCUT2D eigenvalue weighted by atomic mass is 16.2. The first-order valence-electron chi connectivity index (χ1n) is 8.82. The molecule has 6 nitrogen and oxygen atoms in total. The van der Waals surface area contributed by atoms with Crippen LogP contribution in [0, 0.1) is 0 Å². The minimum atomic E-state index is -0.170. The zero-order chi connectivity index (χ0) is 17.7. The third-order valence-corrected chi connectivity index (χ3v) is 5.65. The number of hydrogen-bond acceptors (Lipinski definition) is 3. The fourth-order valence-corrected chi connectivity index (χ4v) is 4.15. The van der Waals surface area contributed by atoms with Gasteiger partial charge in [-0.1, -0.05) is 6.42 Å². The number of pyridine rings is 1. The number of nitrogens with one attached hydrogen (secondary N) is 3. The molecule has 1 saturated carbocycles. The van der Waals surface area contributed by atoms with Gasteiger partial charge in [0.25, 0.3) is 11.8 Å². The summed E-state index contributed by atoms with van der Waals surface area (Å²) in [4.78, 5) is 32.2. The van der Waals surface area contributed by atoms with Crippen LogP contribution in [0.4, 0.5) is 5.69 Å². The molecule has 2 aromatic heterocycles. The van der Waals surface area contributed by atoms with Gasteiger partial charge >= 0.3 is 0 Å². The number of nitrogens with zero attached hydrogens (tertiary/aromatic N) is 1. The zero-order valence-electron chi connectivity index (χ0n) is 14.1. The van der Waals surface area contributed by atoms with Gasteiger partial charge in [-0.05, 0) is 48.7 Å². The van der Waals surface area contributed by atoms with Crippen LogP contribution in [-0.4, -0.2) is 28.3 Å².